The monoisotopic (exact) mass is 713 g/mol. The molecule has 11 rings (SSSR count). The number of fused-ring (bicyclic) bond motifs is 10. The van der Waals surface area contributed by atoms with Crippen LogP contribution in [0.15, 0.2) is 195 Å². The van der Waals surface area contributed by atoms with Crippen LogP contribution in [-0.4, -0.2) is 15.0 Å². The van der Waals surface area contributed by atoms with Gasteiger partial charge in [-0.25, -0.2) is 9.97 Å². The van der Waals surface area contributed by atoms with Crippen molar-refractivity contribution in [3.63, 3.8) is 0 Å². The Morgan fingerprint density at radius 2 is 0.946 bits per heavy atom. The van der Waals surface area contributed by atoms with E-state index in [0.717, 1.165) is 33.5 Å². The van der Waals surface area contributed by atoms with Crippen molar-refractivity contribution in [2.45, 2.75) is 12.3 Å². The van der Waals surface area contributed by atoms with E-state index < -0.39 is 5.41 Å². The number of nitrogens with zero attached hydrogens (tertiary/aromatic N) is 3. The first-order valence-corrected chi connectivity index (χ1v) is 19.2. The van der Waals surface area contributed by atoms with Crippen LogP contribution >= 0.6 is 0 Å². The highest BCUT2D eigenvalue weighted by molar-refractivity contribution is 5.97. The van der Waals surface area contributed by atoms with E-state index in [1.807, 2.05) is 30.7 Å². The van der Waals surface area contributed by atoms with Crippen LogP contribution in [0.2, 0.25) is 0 Å². The van der Waals surface area contributed by atoms with Crippen molar-refractivity contribution in [2.24, 2.45) is 0 Å². The quantitative estimate of drug-likeness (QED) is 0.178. The van der Waals surface area contributed by atoms with Crippen molar-refractivity contribution in [1.29, 1.82) is 0 Å². The summed E-state index contributed by atoms with van der Waals surface area (Å²) in [6.45, 7) is 2.12. The molecule has 0 radical (unpaired) electrons. The second-order valence-electron chi connectivity index (χ2n) is 14.8. The Balaban J connectivity index is 1.11. The van der Waals surface area contributed by atoms with Crippen molar-refractivity contribution in [3.8, 4) is 78.3 Å². The van der Waals surface area contributed by atoms with Crippen LogP contribution in [-0.2, 0) is 5.41 Å². The zero-order valence-electron chi connectivity index (χ0n) is 30.8. The van der Waals surface area contributed by atoms with Crippen LogP contribution in [0.4, 0.5) is 0 Å². The highest BCUT2D eigenvalue weighted by Crippen LogP contribution is 2.63. The lowest BCUT2D eigenvalue weighted by Crippen LogP contribution is -2.25. The molecule has 3 nitrogen and oxygen atoms in total. The molecule has 0 bridgehead atoms. The largest absolute Gasteiger partial charge is 0.264 e. The predicted molar refractivity (Wildman–Crippen MR) is 228 cm³/mol. The van der Waals surface area contributed by atoms with E-state index in [0.29, 0.717) is 5.82 Å². The van der Waals surface area contributed by atoms with Crippen LogP contribution in [0.5, 0.6) is 0 Å². The van der Waals surface area contributed by atoms with Crippen LogP contribution in [0, 0.1) is 6.92 Å². The molecule has 262 valence electrons. The molecule has 0 atom stereocenters. The molecule has 0 fully saturated rings. The summed E-state index contributed by atoms with van der Waals surface area (Å²) in [4.78, 5) is 14.4. The fourth-order valence-electron chi connectivity index (χ4n) is 9.35. The third-order valence-electron chi connectivity index (χ3n) is 11.8. The van der Waals surface area contributed by atoms with Gasteiger partial charge < -0.3 is 0 Å². The van der Waals surface area contributed by atoms with E-state index in [9.17, 15) is 0 Å². The highest BCUT2D eigenvalue weighted by Gasteiger charge is 2.51. The van der Waals surface area contributed by atoms with Gasteiger partial charge in [0.2, 0.25) is 0 Å². The molecule has 0 saturated carbocycles. The Kier molecular flexibility index (Phi) is 7.30. The van der Waals surface area contributed by atoms with E-state index in [1.165, 1.54) is 66.8 Å². The van der Waals surface area contributed by atoms with Gasteiger partial charge in [-0.05, 0) is 121 Å². The topological polar surface area (TPSA) is 38.7 Å². The number of rotatable bonds is 5. The van der Waals surface area contributed by atoms with Gasteiger partial charge in [0.15, 0.2) is 5.82 Å². The Morgan fingerprint density at radius 1 is 0.375 bits per heavy atom. The minimum Gasteiger partial charge on any atom is -0.264 e. The number of benzene rings is 7. The van der Waals surface area contributed by atoms with Crippen molar-refractivity contribution < 1.29 is 0 Å². The lowest BCUT2D eigenvalue weighted by Gasteiger charge is -2.30. The molecule has 0 amide bonds. The molecule has 2 aliphatic rings. The number of aryl methyl sites for hydroxylation is 1. The second-order valence-corrected chi connectivity index (χ2v) is 14.8. The molecular weight excluding hydrogens is 679 g/mol. The van der Waals surface area contributed by atoms with Crippen LogP contribution < -0.4 is 0 Å². The SMILES string of the molecule is Cc1cnccc1-c1cccc(-c2ccc3c(c2)-c2cc(-c4ccnc(-c5ccccc5-c5ccccc5)n4)ccc2C32c3ccccc3-c3ccccc32)c1. The summed E-state index contributed by atoms with van der Waals surface area (Å²) in [7, 11) is 0. The van der Waals surface area contributed by atoms with Gasteiger partial charge in [-0.2, -0.15) is 0 Å². The van der Waals surface area contributed by atoms with Gasteiger partial charge in [0.25, 0.3) is 0 Å². The first-order chi connectivity index (χ1) is 27.7. The maximum atomic E-state index is 5.24. The summed E-state index contributed by atoms with van der Waals surface area (Å²) in [5.41, 5.74) is 21.1. The second kappa shape index (κ2) is 12.7. The summed E-state index contributed by atoms with van der Waals surface area (Å²) in [6.07, 6.45) is 5.70. The normalized spacial score (nSPS) is 12.9. The van der Waals surface area contributed by atoms with Crippen molar-refractivity contribution in [3.05, 3.63) is 222 Å². The fourth-order valence-corrected chi connectivity index (χ4v) is 9.35. The molecule has 9 aromatic rings. The van der Waals surface area contributed by atoms with Gasteiger partial charge >= 0.3 is 0 Å². The molecule has 2 aromatic heterocycles. The fraction of sp³-hybridized carbons (Fsp3) is 0.0377. The molecular formula is C53H35N3. The standard InChI is InChI=1S/C53H35N3/c1-34-33-54-28-26-40(34)38-15-11-14-36(30-38)37-22-24-49-45(31-37)46-32-39(23-25-50(46)53(49)47-20-9-7-17-42(47)43-18-8-10-21-48(43)53)51-27-29-55-52(56-51)44-19-6-5-16-41(44)35-12-3-2-4-13-35/h2-33H,1H3. The zero-order valence-corrected chi connectivity index (χ0v) is 30.8. The Hall–Kier alpha value is -7.23. The number of pyridine rings is 1. The highest BCUT2D eigenvalue weighted by atomic mass is 14.9. The summed E-state index contributed by atoms with van der Waals surface area (Å²) in [5.74, 6) is 0.713. The van der Waals surface area contributed by atoms with E-state index in [-0.39, 0.29) is 0 Å². The lowest BCUT2D eigenvalue weighted by molar-refractivity contribution is 0.794. The van der Waals surface area contributed by atoms with Crippen molar-refractivity contribution in [2.75, 3.05) is 0 Å². The average molecular weight is 714 g/mol. The zero-order chi connectivity index (χ0) is 37.2. The molecule has 0 unspecified atom stereocenters. The summed E-state index contributed by atoms with van der Waals surface area (Å²) < 4.78 is 0. The average Bonchev–Trinajstić information content (AvgIpc) is 3.73. The van der Waals surface area contributed by atoms with E-state index in [1.54, 1.807) is 0 Å². The van der Waals surface area contributed by atoms with Gasteiger partial charge in [-0.15, -0.1) is 0 Å². The molecule has 2 heterocycles. The van der Waals surface area contributed by atoms with Gasteiger partial charge in [-0.3, -0.25) is 4.98 Å². The maximum absolute atomic E-state index is 5.24. The summed E-state index contributed by atoms with van der Waals surface area (Å²) in [6, 6.07) is 63.9. The molecule has 0 aliphatic heterocycles. The molecule has 7 aromatic carbocycles. The van der Waals surface area contributed by atoms with Crippen LogP contribution in [0.25, 0.3) is 78.3 Å². The predicted octanol–water partition coefficient (Wildman–Crippen LogP) is 12.9. The minimum atomic E-state index is -0.434. The van der Waals surface area contributed by atoms with Gasteiger partial charge in [-0.1, -0.05) is 146 Å². The Labute approximate surface area is 326 Å². The van der Waals surface area contributed by atoms with Crippen LogP contribution in [0.1, 0.15) is 27.8 Å². The van der Waals surface area contributed by atoms with Gasteiger partial charge in [0.05, 0.1) is 11.1 Å². The van der Waals surface area contributed by atoms with Gasteiger partial charge in [0.1, 0.15) is 0 Å². The molecule has 2 aliphatic carbocycles. The Bertz CT molecular complexity index is 2950. The van der Waals surface area contributed by atoms with Crippen molar-refractivity contribution >= 4 is 0 Å². The number of aromatic nitrogens is 3. The molecule has 0 saturated heterocycles. The lowest BCUT2D eigenvalue weighted by atomic mass is 9.70. The number of hydrogen-bond donors (Lipinski definition) is 0. The van der Waals surface area contributed by atoms with E-state index >= 15 is 0 Å². The molecule has 3 heteroatoms. The summed E-state index contributed by atoms with van der Waals surface area (Å²) in [5, 5.41) is 0. The smallest absolute Gasteiger partial charge is 0.160 e. The molecule has 56 heavy (non-hydrogen) atoms. The van der Waals surface area contributed by atoms with E-state index in [2.05, 4.69) is 176 Å². The first-order valence-electron chi connectivity index (χ1n) is 19.2. The third-order valence-corrected chi connectivity index (χ3v) is 11.8. The molecule has 0 N–H and O–H groups in total. The van der Waals surface area contributed by atoms with Gasteiger partial charge in [0, 0.05) is 29.7 Å². The first kappa shape index (κ1) is 32.2. The third kappa shape index (κ3) is 4.81. The van der Waals surface area contributed by atoms with E-state index in [4.69, 9.17) is 9.97 Å². The number of hydrogen-bond acceptors (Lipinski definition) is 3. The summed E-state index contributed by atoms with van der Waals surface area (Å²) >= 11 is 0. The molecule has 1 spiro atoms. The Morgan fingerprint density at radius 3 is 1.68 bits per heavy atom. The van der Waals surface area contributed by atoms with Crippen LogP contribution in [0.3, 0.4) is 0 Å². The van der Waals surface area contributed by atoms with Crippen molar-refractivity contribution in [1.82, 2.24) is 15.0 Å². The maximum Gasteiger partial charge on any atom is 0.160 e. The minimum absolute atomic E-state index is 0.434.